The number of hydrogen-bond donors (Lipinski definition) is 1. The van der Waals surface area contributed by atoms with Crippen molar-refractivity contribution in [2.24, 2.45) is 0 Å². The van der Waals surface area contributed by atoms with E-state index in [2.05, 4.69) is 32.0 Å². The predicted molar refractivity (Wildman–Crippen MR) is 87.7 cm³/mol. The van der Waals surface area contributed by atoms with E-state index in [9.17, 15) is 9.90 Å². The summed E-state index contributed by atoms with van der Waals surface area (Å²) in [4.78, 5) is 15.4. The second-order valence-corrected chi connectivity index (χ2v) is 7.31. The van der Waals surface area contributed by atoms with Crippen molar-refractivity contribution in [3.8, 4) is 0 Å². The van der Waals surface area contributed by atoms with Crippen molar-refractivity contribution in [2.75, 3.05) is 18.8 Å². The minimum Gasteiger partial charge on any atom is -0.390 e. The molecule has 1 saturated heterocycles. The molecule has 0 spiro atoms. The number of carbonyl (C=O) groups is 1. The van der Waals surface area contributed by atoms with Crippen LogP contribution in [-0.4, -0.2) is 40.4 Å². The summed E-state index contributed by atoms with van der Waals surface area (Å²) in [5.41, 5.74) is 1.83. The Morgan fingerprint density at radius 3 is 2.86 bits per heavy atom. The van der Waals surface area contributed by atoms with Crippen LogP contribution < -0.4 is 0 Å². The second-order valence-electron chi connectivity index (χ2n) is 6.29. The molecule has 1 unspecified atom stereocenters. The molecule has 1 aliphatic heterocycles. The van der Waals surface area contributed by atoms with Crippen LogP contribution in [0.15, 0.2) is 23.1 Å². The van der Waals surface area contributed by atoms with Gasteiger partial charge in [0.25, 0.3) is 0 Å². The van der Waals surface area contributed by atoms with Crippen LogP contribution in [0.4, 0.5) is 0 Å². The molecule has 3 nitrogen and oxygen atoms in total. The molecule has 0 bridgehead atoms. The molecule has 4 heteroatoms. The Labute approximate surface area is 131 Å². The lowest BCUT2D eigenvalue weighted by Gasteiger charge is -2.22. The Kier molecular flexibility index (Phi) is 5.33. The van der Waals surface area contributed by atoms with Crippen molar-refractivity contribution in [3.63, 3.8) is 0 Å². The summed E-state index contributed by atoms with van der Waals surface area (Å²) in [6.07, 6.45) is 2.33. The van der Waals surface area contributed by atoms with Crippen LogP contribution in [0.5, 0.6) is 0 Å². The molecule has 1 aromatic carbocycles. The van der Waals surface area contributed by atoms with Crippen molar-refractivity contribution in [1.29, 1.82) is 0 Å². The third kappa shape index (κ3) is 4.75. The number of nitrogens with zero attached hydrogens (tertiary/aromatic N) is 1. The van der Waals surface area contributed by atoms with E-state index in [0.29, 0.717) is 18.7 Å². The van der Waals surface area contributed by atoms with Crippen LogP contribution >= 0.6 is 11.8 Å². The number of aryl methyl sites for hydroxylation is 2. The standard InChI is InChI=1S/C17H25NO2S/c1-13-5-6-14(2)15(11-13)21-12-16(19)18-9-4-7-17(3,20)8-10-18/h5-6,11,20H,4,7-10,12H2,1-3H3. The summed E-state index contributed by atoms with van der Waals surface area (Å²) in [6, 6.07) is 6.34. The lowest BCUT2D eigenvalue weighted by atomic mass is 9.98. The molecular weight excluding hydrogens is 282 g/mol. The van der Waals surface area contributed by atoms with E-state index in [1.807, 2.05) is 11.8 Å². The molecule has 1 aromatic rings. The third-order valence-electron chi connectivity index (χ3n) is 4.11. The molecule has 1 heterocycles. The third-order valence-corrected chi connectivity index (χ3v) is 5.25. The highest BCUT2D eigenvalue weighted by Gasteiger charge is 2.26. The van der Waals surface area contributed by atoms with Gasteiger partial charge in [-0.2, -0.15) is 0 Å². The van der Waals surface area contributed by atoms with Crippen LogP contribution in [0.3, 0.4) is 0 Å². The zero-order valence-corrected chi connectivity index (χ0v) is 14.0. The maximum Gasteiger partial charge on any atom is 0.232 e. The Balaban J connectivity index is 1.91. The second kappa shape index (κ2) is 6.84. The number of hydrogen-bond acceptors (Lipinski definition) is 3. The first-order valence-corrected chi connectivity index (χ1v) is 8.56. The lowest BCUT2D eigenvalue weighted by molar-refractivity contribution is -0.128. The Morgan fingerprint density at radius 1 is 1.33 bits per heavy atom. The molecule has 0 aliphatic carbocycles. The molecule has 116 valence electrons. The maximum atomic E-state index is 12.4. The number of thioether (sulfide) groups is 1. The Bertz CT molecular complexity index is 514. The van der Waals surface area contributed by atoms with Crippen LogP contribution in [-0.2, 0) is 4.79 Å². The first-order chi connectivity index (χ1) is 9.87. The van der Waals surface area contributed by atoms with E-state index in [0.717, 1.165) is 19.4 Å². The molecule has 0 saturated carbocycles. The van der Waals surface area contributed by atoms with Gasteiger partial charge in [0.05, 0.1) is 11.4 Å². The summed E-state index contributed by atoms with van der Waals surface area (Å²) in [7, 11) is 0. The van der Waals surface area contributed by atoms with Crippen molar-refractivity contribution < 1.29 is 9.90 Å². The van der Waals surface area contributed by atoms with Gasteiger partial charge in [0.1, 0.15) is 0 Å². The van der Waals surface area contributed by atoms with E-state index < -0.39 is 5.60 Å². The lowest BCUT2D eigenvalue weighted by Crippen LogP contribution is -2.34. The summed E-state index contributed by atoms with van der Waals surface area (Å²) >= 11 is 1.62. The SMILES string of the molecule is Cc1ccc(C)c(SCC(=O)N2CCCC(C)(O)CC2)c1. The summed E-state index contributed by atoms with van der Waals surface area (Å²) < 4.78 is 0. The van der Waals surface area contributed by atoms with Gasteiger partial charge in [-0.05, 0) is 51.7 Å². The van der Waals surface area contributed by atoms with Crippen LogP contribution in [0, 0.1) is 13.8 Å². The highest BCUT2D eigenvalue weighted by Crippen LogP contribution is 2.25. The van der Waals surface area contributed by atoms with E-state index in [4.69, 9.17) is 0 Å². The predicted octanol–water partition coefficient (Wildman–Crippen LogP) is 3.16. The largest absolute Gasteiger partial charge is 0.390 e. The van der Waals surface area contributed by atoms with Crippen molar-refractivity contribution in [2.45, 2.75) is 50.5 Å². The summed E-state index contributed by atoms with van der Waals surface area (Å²) in [5.74, 6) is 0.658. The first kappa shape index (κ1) is 16.4. The number of amides is 1. The minimum absolute atomic E-state index is 0.179. The smallest absolute Gasteiger partial charge is 0.232 e. The zero-order valence-electron chi connectivity index (χ0n) is 13.2. The van der Waals surface area contributed by atoms with Crippen molar-refractivity contribution >= 4 is 17.7 Å². The van der Waals surface area contributed by atoms with Crippen LogP contribution in [0.25, 0.3) is 0 Å². The Hall–Kier alpha value is -1.00. The quantitative estimate of drug-likeness (QED) is 0.872. The molecular formula is C17H25NO2S. The van der Waals surface area contributed by atoms with E-state index in [1.165, 1.54) is 16.0 Å². The van der Waals surface area contributed by atoms with Crippen LogP contribution in [0.2, 0.25) is 0 Å². The summed E-state index contributed by atoms with van der Waals surface area (Å²) in [5, 5.41) is 10.1. The van der Waals surface area contributed by atoms with Gasteiger partial charge in [-0.3, -0.25) is 4.79 Å². The van der Waals surface area contributed by atoms with Gasteiger partial charge in [-0.15, -0.1) is 11.8 Å². The number of benzene rings is 1. The normalized spacial score (nSPS) is 23.0. The van der Waals surface area contributed by atoms with Gasteiger partial charge >= 0.3 is 0 Å². The van der Waals surface area contributed by atoms with Gasteiger partial charge < -0.3 is 10.0 Å². The highest BCUT2D eigenvalue weighted by molar-refractivity contribution is 8.00. The van der Waals surface area contributed by atoms with Crippen molar-refractivity contribution in [1.82, 2.24) is 4.90 Å². The van der Waals surface area contributed by atoms with Gasteiger partial charge in [0.2, 0.25) is 5.91 Å². The maximum absolute atomic E-state index is 12.4. The van der Waals surface area contributed by atoms with Crippen molar-refractivity contribution in [3.05, 3.63) is 29.3 Å². The van der Waals surface area contributed by atoms with Gasteiger partial charge in [-0.25, -0.2) is 0 Å². The minimum atomic E-state index is -0.616. The van der Waals surface area contributed by atoms with Gasteiger partial charge in [0.15, 0.2) is 0 Å². The molecule has 1 amide bonds. The van der Waals surface area contributed by atoms with E-state index in [-0.39, 0.29) is 5.91 Å². The fraction of sp³-hybridized carbons (Fsp3) is 0.588. The molecule has 1 N–H and O–H groups in total. The molecule has 21 heavy (non-hydrogen) atoms. The first-order valence-electron chi connectivity index (χ1n) is 7.58. The molecule has 1 aliphatic rings. The van der Waals surface area contributed by atoms with Gasteiger partial charge in [-0.1, -0.05) is 17.7 Å². The summed E-state index contributed by atoms with van der Waals surface area (Å²) in [6.45, 7) is 7.45. The number of rotatable bonds is 3. The number of likely N-dealkylation sites (tertiary alicyclic amines) is 1. The number of aliphatic hydroxyl groups is 1. The monoisotopic (exact) mass is 307 g/mol. The zero-order chi connectivity index (χ0) is 15.5. The van der Waals surface area contributed by atoms with E-state index >= 15 is 0 Å². The molecule has 0 aromatic heterocycles. The fourth-order valence-corrected chi connectivity index (χ4v) is 3.63. The number of carbonyl (C=O) groups excluding carboxylic acids is 1. The molecule has 1 atom stereocenters. The average molecular weight is 307 g/mol. The highest BCUT2D eigenvalue weighted by atomic mass is 32.2. The molecule has 1 fully saturated rings. The van der Waals surface area contributed by atoms with Gasteiger partial charge in [0, 0.05) is 18.0 Å². The average Bonchev–Trinajstić information content (AvgIpc) is 2.60. The van der Waals surface area contributed by atoms with Crippen LogP contribution in [0.1, 0.15) is 37.3 Å². The molecule has 2 rings (SSSR count). The fourth-order valence-electron chi connectivity index (χ4n) is 2.61. The molecule has 0 radical (unpaired) electrons. The topological polar surface area (TPSA) is 40.5 Å². The van der Waals surface area contributed by atoms with E-state index in [1.54, 1.807) is 11.8 Å². The Morgan fingerprint density at radius 2 is 2.10 bits per heavy atom.